The second-order valence-corrected chi connectivity index (χ2v) is 6.56. The van der Waals surface area contributed by atoms with Crippen LogP contribution in [0.15, 0.2) is 42.5 Å². The normalized spacial score (nSPS) is 16.3. The van der Waals surface area contributed by atoms with Crippen LogP contribution in [0.2, 0.25) is 0 Å². The number of benzene rings is 2. The van der Waals surface area contributed by atoms with E-state index in [1.165, 1.54) is 12.1 Å². The van der Waals surface area contributed by atoms with Gasteiger partial charge in [-0.15, -0.1) is 0 Å². The van der Waals surface area contributed by atoms with E-state index in [-0.39, 0.29) is 11.6 Å². The lowest BCUT2D eigenvalue weighted by Gasteiger charge is -2.33. The van der Waals surface area contributed by atoms with Crippen LogP contribution in [0.4, 0.5) is 17.1 Å². The number of carbonyl (C=O) groups is 1. The summed E-state index contributed by atoms with van der Waals surface area (Å²) in [5.41, 5.74) is 2.98. The van der Waals surface area contributed by atoms with E-state index in [2.05, 4.69) is 6.92 Å². The number of nitro groups is 1. The van der Waals surface area contributed by atoms with Crippen molar-refractivity contribution in [3.05, 3.63) is 63.7 Å². The summed E-state index contributed by atoms with van der Waals surface area (Å²) in [4.78, 5) is 27.5. The Hall–Kier alpha value is -2.89. The number of fused-ring (bicyclic) bond motifs is 1. The van der Waals surface area contributed by atoms with Gasteiger partial charge in [0.1, 0.15) is 0 Å². The molecule has 0 N–H and O–H groups in total. The molecule has 0 saturated carbocycles. The summed E-state index contributed by atoms with van der Waals surface area (Å²) in [6.45, 7) is 2.76. The highest BCUT2D eigenvalue weighted by molar-refractivity contribution is 6.10. The molecule has 3 rings (SSSR count). The van der Waals surface area contributed by atoms with Gasteiger partial charge in [-0.25, -0.2) is 0 Å². The number of non-ortho nitro benzene ring substituents is 1. The molecule has 1 aliphatic heterocycles. The Morgan fingerprint density at radius 1 is 1.24 bits per heavy atom. The van der Waals surface area contributed by atoms with Crippen molar-refractivity contribution in [2.45, 2.75) is 19.3 Å². The van der Waals surface area contributed by atoms with Crippen molar-refractivity contribution in [2.75, 3.05) is 30.4 Å². The quantitative estimate of drug-likeness (QED) is 0.630. The van der Waals surface area contributed by atoms with E-state index in [0.717, 1.165) is 17.7 Å². The van der Waals surface area contributed by atoms with E-state index in [1.807, 2.05) is 38.4 Å². The van der Waals surface area contributed by atoms with E-state index >= 15 is 0 Å². The van der Waals surface area contributed by atoms with Crippen LogP contribution in [0.1, 0.15) is 35.2 Å². The molecule has 0 radical (unpaired) electrons. The molecular formula is C19H21N3O3. The lowest BCUT2D eigenvalue weighted by atomic mass is 9.91. The first kappa shape index (κ1) is 17.0. The van der Waals surface area contributed by atoms with Crippen LogP contribution in [0, 0.1) is 10.1 Å². The van der Waals surface area contributed by atoms with Gasteiger partial charge in [-0.2, -0.15) is 0 Å². The first-order valence-electron chi connectivity index (χ1n) is 8.26. The van der Waals surface area contributed by atoms with Crippen molar-refractivity contribution in [3.63, 3.8) is 0 Å². The van der Waals surface area contributed by atoms with Crippen molar-refractivity contribution in [1.29, 1.82) is 0 Å². The molecule has 1 amide bonds. The summed E-state index contributed by atoms with van der Waals surface area (Å²) < 4.78 is 0. The summed E-state index contributed by atoms with van der Waals surface area (Å²) in [5.74, 6) is 0.186. The third-order valence-corrected chi connectivity index (χ3v) is 4.69. The van der Waals surface area contributed by atoms with Gasteiger partial charge in [0.15, 0.2) is 0 Å². The number of para-hydroxylation sites is 1. The molecule has 0 aromatic heterocycles. The van der Waals surface area contributed by atoms with Crippen LogP contribution in [0.5, 0.6) is 0 Å². The molecule has 6 nitrogen and oxygen atoms in total. The average molecular weight is 339 g/mol. The van der Waals surface area contributed by atoms with Gasteiger partial charge >= 0.3 is 0 Å². The zero-order valence-corrected chi connectivity index (χ0v) is 14.6. The SMILES string of the molecule is CC1CCN(C(=O)c2cc([N+](=O)[O-])ccc2N(C)C)c2ccccc21. The molecule has 25 heavy (non-hydrogen) atoms. The number of nitrogens with zero attached hydrogens (tertiary/aromatic N) is 3. The monoisotopic (exact) mass is 339 g/mol. The van der Waals surface area contributed by atoms with Gasteiger partial charge in [-0.1, -0.05) is 25.1 Å². The highest BCUT2D eigenvalue weighted by Gasteiger charge is 2.29. The van der Waals surface area contributed by atoms with Gasteiger partial charge in [0, 0.05) is 44.1 Å². The van der Waals surface area contributed by atoms with Crippen LogP contribution in [0.25, 0.3) is 0 Å². The topological polar surface area (TPSA) is 66.7 Å². The first-order valence-corrected chi connectivity index (χ1v) is 8.26. The minimum Gasteiger partial charge on any atom is -0.377 e. The van der Waals surface area contributed by atoms with Crippen molar-refractivity contribution in [3.8, 4) is 0 Å². The van der Waals surface area contributed by atoms with Gasteiger partial charge in [-0.05, 0) is 30.0 Å². The van der Waals surface area contributed by atoms with E-state index < -0.39 is 4.92 Å². The number of rotatable bonds is 3. The molecule has 0 fully saturated rings. The fourth-order valence-corrected chi connectivity index (χ4v) is 3.30. The highest BCUT2D eigenvalue weighted by atomic mass is 16.6. The van der Waals surface area contributed by atoms with E-state index in [4.69, 9.17) is 0 Å². The summed E-state index contributed by atoms with van der Waals surface area (Å²) in [6, 6.07) is 12.3. The molecule has 0 spiro atoms. The lowest BCUT2D eigenvalue weighted by molar-refractivity contribution is -0.384. The third kappa shape index (κ3) is 3.07. The Morgan fingerprint density at radius 2 is 1.96 bits per heavy atom. The predicted octanol–water partition coefficient (Wildman–Crippen LogP) is 3.81. The minimum atomic E-state index is -0.470. The molecule has 0 bridgehead atoms. The molecule has 0 aliphatic carbocycles. The number of nitro benzene ring substituents is 1. The first-order chi connectivity index (χ1) is 11.9. The Kier molecular flexibility index (Phi) is 4.44. The Morgan fingerprint density at radius 3 is 2.64 bits per heavy atom. The molecule has 1 atom stereocenters. The Bertz CT molecular complexity index is 832. The van der Waals surface area contributed by atoms with Crippen LogP contribution in [-0.4, -0.2) is 31.5 Å². The number of amides is 1. The van der Waals surface area contributed by atoms with E-state index in [1.54, 1.807) is 15.9 Å². The zero-order chi connectivity index (χ0) is 18.1. The molecule has 1 unspecified atom stereocenters. The van der Waals surface area contributed by atoms with Crippen molar-refractivity contribution < 1.29 is 9.72 Å². The molecule has 0 saturated heterocycles. The molecule has 2 aromatic carbocycles. The Labute approximate surface area is 146 Å². The summed E-state index contributed by atoms with van der Waals surface area (Å²) >= 11 is 0. The number of hydrogen-bond acceptors (Lipinski definition) is 4. The molecule has 6 heteroatoms. The molecular weight excluding hydrogens is 318 g/mol. The Balaban J connectivity index is 2.08. The van der Waals surface area contributed by atoms with Crippen LogP contribution >= 0.6 is 0 Å². The van der Waals surface area contributed by atoms with E-state index in [0.29, 0.717) is 23.7 Å². The fourth-order valence-electron chi connectivity index (χ4n) is 3.30. The van der Waals surface area contributed by atoms with Crippen molar-refractivity contribution >= 4 is 23.0 Å². The molecule has 130 valence electrons. The van der Waals surface area contributed by atoms with Gasteiger partial charge in [0.05, 0.1) is 10.5 Å². The number of hydrogen-bond donors (Lipinski definition) is 0. The van der Waals surface area contributed by atoms with Crippen molar-refractivity contribution in [2.24, 2.45) is 0 Å². The second-order valence-electron chi connectivity index (χ2n) is 6.56. The van der Waals surface area contributed by atoms with Gasteiger partial charge < -0.3 is 9.80 Å². The molecule has 1 aliphatic rings. The highest BCUT2D eigenvalue weighted by Crippen LogP contribution is 2.36. The summed E-state index contributed by atoms with van der Waals surface area (Å²) in [5, 5.41) is 11.1. The summed E-state index contributed by atoms with van der Waals surface area (Å²) in [6.07, 6.45) is 0.870. The van der Waals surface area contributed by atoms with E-state index in [9.17, 15) is 14.9 Å². The van der Waals surface area contributed by atoms with Gasteiger partial charge in [0.2, 0.25) is 0 Å². The lowest BCUT2D eigenvalue weighted by Crippen LogP contribution is -2.37. The van der Waals surface area contributed by atoms with Crippen LogP contribution < -0.4 is 9.80 Å². The fraction of sp³-hybridized carbons (Fsp3) is 0.316. The number of carbonyl (C=O) groups excluding carboxylic acids is 1. The maximum atomic E-state index is 13.2. The maximum absolute atomic E-state index is 13.2. The second kappa shape index (κ2) is 6.55. The van der Waals surface area contributed by atoms with Gasteiger partial charge in [0.25, 0.3) is 11.6 Å². The maximum Gasteiger partial charge on any atom is 0.270 e. The predicted molar refractivity (Wildman–Crippen MR) is 98.6 cm³/mol. The molecule has 2 aromatic rings. The van der Waals surface area contributed by atoms with Crippen molar-refractivity contribution in [1.82, 2.24) is 0 Å². The largest absolute Gasteiger partial charge is 0.377 e. The van der Waals surface area contributed by atoms with Crippen LogP contribution in [-0.2, 0) is 0 Å². The average Bonchev–Trinajstić information content (AvgIpc) is 2.61. The van der Waals surface area contributed by atoms with Gasteiger partial charge in [-0.3, -0.25) is 14.9 Å². The third-order valence-electron chi connectivity index (χ3n) is 4.69. The standard InChI is InChI=1S/C19H21N3O3/c1-13-10-11-21(18-7-5-4-6-15(13)18)19(23)16-12-14(22(24)25)8-9-17(16)20(2)3/h4-9,12-13H,10-11H2,1-3H3. The molecule has 1 heterocycles. The summed E-state index contributed by atoms with van der Waals surface area (Å²) in [7, 11) is 3.65. The smallest absolute Gasteiger partial charge is 0.270 e. The van der Waals surface area contributed by atoms with Crippen LogP contribution in [0.3, 0.4) is 0 Å². The minimum absolute atomic E-state index is 0.0763. The zero-order valence-electron chi connectivity index (χ0n) is 14.6. The number of anilines is 2.